The van der Waals surface area contributed by atoms with Crippen molar-refractivity contribution in [3.8, 4) is 0 Å². The molecule has 0 amide bonds. The minimum absolute atomic E-state index is 0.685. The summed E-state index contributed by atoms with van der Waals surface area (Å²) in [6.45, 7) is 4.31. The Morgan fingerprint density at radius 2 is 2.12 bits per heavy atom. The fourth-order valence-electron chi connectivity index (χ4n) is 2.27. The Bertz CT molecular complexity index is 348. The molecule has 94 valence electrons. The Labute approximate surface area is 108 Å². The maximum absolute atomic E-state index is 5.90. The molecule has 0 radical (unpaired) electrons. The molecule has 1 aliphatic heterocycles. The quantitative estimate of drug-likeness (QED) is 0.773. The number of aromatic nitrogens is 2. The second kappa shape index (κ2) is 6.20. The summed E-state index contributed by atoms with van der Waals surface area (Å²) >= 11 is 5.90. The van der Waals surface area contributed by atoms with Crippen LogP contribution in [0.1, 0.15) is 31.9 Å². The molecule has 0 aromatic carbocycles. The van der Waals surface area contributed by atoms with E-state index >= 15 is 0 Å². The molecule has 0 saturated carbocycles. The van der Waals surface area contributed by atoms with Crippen LogP contribution >= 0.6 is 11.6 Å². The molecule has 2 heterocycles. The summed E-state index contributed by atoms with van der Waals surface area (Å²) < 4.78 is 0. The zero-order valence-electron chi connectivity index (χ0n) is 10.4. The predicted octanol–water partition coefficient (Wildman–Crippen LogP) is 2.88. The lowest BCUT2D eigenvalue weighted by Gasteiger charge is -2.31. The van der Waals surface area contributed by atoms with E-state index in [4.69, 9.17) is 11.6 Å². The van der Waals surface area contributed by atoms with E-state index in [1.54, 1.807) is 6.33 Å². The largest absolute Gasteiger partial charge is 0.356 e. The number of aryl methyl sites for hydroxylation is 1. The highest BCUT2D eigenvalue weighted by atomic mass is 35.5. The predicted molar refractivity (Wildman–Crippen MR) is 71.7 cm³/mol. The molecule has 1 aromatic heterocycles. The Hall–Kier alpha value is -0.830. The Balaban J connectivity index is 2.00. The molecule has 3 nitrogen and oxygen atoms in total. The topological polar surface area (TPSA) is 29.0 Å². The molecule has 4 heteroatoms. The lowest BCUT2D eigenvalue weighted by Crippen LogP contribution is -2.34. The maximum atomic E-state index is 5.90. The lowest BCUT2D eigenvalue weighted by molar-refractivity contribution is 0.440. The van der Waals surface area contributed by atoms with E-state index in [0.717, 1.165) is 43.3 Å². The normalized spacial score (nSPS) is 17.4. The third-order valence-electron chi connectivity index (χ3n) is 3.37. The van der Waals surface area contributed by atoms with Crippen LogP contribution in [0.4, 0.5) is 5.82 Å². The molecule has 0 aliphatic carbocycles. The molecular formula is C13H20ClN3. The third kappa shape index (κ3) is 3.32. The summed E-state index contributed by atoms with van der Waals surface area (Å²) in [6.07, 6.45) is 6.21. The van der Waals surface area contributed by atoms with E-state index in [0.29, 0.717) is 5.92 Å². The number of halogens is 1. The van der Waals surface area contributed by atoms with Crippen molar-refractivity contribution in [2.24, 2.45) is 5.92 Å². The van der Waals surface area contributed by atoms with Gasteiger partial charge in [0.05, 0.1) is 0 Å². The van der Waals surface area contributed by atoms with Gasteiger partial charge in [-0.3, -0.25) is 0 Å². The number of hydrogen-bond acceptors (Lipinski definition) is 3. The second-order valence-corrected chi connectivity index (χ2v) is 5.01. The second-order valence-electron chi connectivity index (χ2n) is 4.70. The van der Waals surface area contributed by atoms with Crippen molar-refractivity contribution < 1.29 is 0 Å². The van der Waals surface area contributed by atoms with Gasteiger partial charge < -0.3 is 4.90 Å². The summed E-state index contributed by atoms with van der Waals surface area (Å²) in [7, 11) is 0. The van der Waals surface area contributed by atoms with Crippen LogP contribution in [0.15, 0.2) is 12.4 Å². The van der Waals surface area contributed by atoms with E-state index < -0.39 is 0 Å². The smallest absolute Gasteiger partial charge is 0.132 e. The minimum Gasteiger partial charge on any atom is -0.356 e. The van der Waals surface area contributed by atoms with Gasteiger partial charge in [-0.15, -0.1) is 11.6 Å². The van der Waals surface area contributed by atoms with Gasteiger partial charge in [-0.05, 0) is 25.2 Å². The molecule has 1 saturated heterocycles. The minimum atomic E-state index is 0.685. The van der Waals surface area contributed by atoms with Crippen molar-refractivity contribution in [1.29, 1.82) is 0 Å². The molecule has 0 spiro atoms. The maximum Gasteiger partial charge on any atom is 0.132 e. The number of alkyl halides is 1. The summed E-state index contributed by atoms with van der Waals surface area (Å²) in [4.78, 5) is 11.0. The highest BCUT2D eigenvalue weighted by Crippen LogP contribution is 2.22. The van der Waals surface area contributed by atoms with Gasteiger partial charge in [-0.25, -0.2) is 9.97 Å². The Morgan fingerprint density at radius 1 is 1.35 bits per heavy atom. The molecule has 1 aliphatic rings. The molecule has 0 N–H and O–H groups in total. The number of anilines is 1. The Morgan fingerprint density at radius 3 is 2.76 bits per heavy atom. The van der Waals surface area contributed by atoms with Gasteiger partial charge in [0.2, 0.25) is 0 Å². The molecule has 0 atom stereocenters. The van der Waals surface area contributed by atoms with Crippen molar-refractivity contribution in [3.63, 3.8) is 0 Å². The van der Waals surface area contributed by atoms with Gasteiger partial charge in [0.25, 0.3) is 0 Å². The van der Waals surface area contributed by atoms with E-state index in [2.05, 4.69) is 27.9 Å². The molecule has 2 rings (SSSR count). The first-order valence-electron chi connectivity index (χ1n) is 6.45. The van der Waals surface area contributed by atoms with Gasteiger partial charge >= 0.3 is 0 Å². The van der Waals surface area contributed by atoms with Crippen LogP contribution in [-0.4, -0.2) is 28.9 Å². The fraction of sp³-hybridized carbons (Fsp3) is 0.692. The highest BCUT2D eigenvalue weighted by molar-refractivity contribution is 6.18. The highest BCUT2D eigenvalue weighted by Gasteiger charge is 2.19. The van der Waals surface area contributed by atoms with Crippen molar-refractivity contribution in [3.05, 3.63) is 18.1 Å². The van der Waals surface area contributed by atoms with Crippen LogP contribution in [0, 0.1) is 5.92 Å². The zero-order valence-corrected chi connectivity index (χ0v) is 11.2. The average molecular weight is 254 g/mol. The van der Waals surface area contributed by atoms with Crippen LogP contribution in [0.25, 0.3) is 0 Å². The van der Waals surface area contributed by atoms with Crippen LogP contribution in [0.5, 0.6) is 0 Å². The van der Waals surface area contributed by atoms with Crippen LogP contribution in [-0.2, 0) is 6.42 Å². The van der Waals surface area contributed by atoms with Crippen LogP contribution in [0.2, 0.25) is 0 Å². The molecule has 1 fully saturated rings. The summed E-state index contributed by atoms with van der Waals surface area (Å²) in [5, 5.41) is 0. The van der Waals surface area contributed by atoms with Crippen LogP contribution < -0.4 is 4.90 Å². The number of rotatable bonds is 4. The van der Waals surface area contributed by atoms with Crippen LogP contribution in [0.3, 0.4) is 0 Å². The first kappa shape index (κ1) is 12.6. The summed E-state index contributed by atoms with van der Waals surface area (Å²) in [5.74, 6) is 2.56. The molecule has 17 heavy (non-hydrogen) atoms. The first-order chi connectivity index (χ1) is 8.33. The first-order valence-corrected chi connectivity index (χ1v) is 6.98. The van der Waals surface area contributed by atoms with Crippen molar-refractivity contribution in [1.82, 2.24) is 9.97 Å². The molecule has 0 unspecified atom stereocenters. The summed E-state index contributed by atoms with van der Waals surface area (Å²) in [6, 6.07) is 2.13. The molecule has 0 bridgehead atoms. The Kier molecular flexibility index (Phi) is 4.60. The third-order valence-corrected chi connectivity index (χ3v) is 3.81. The monoisotopic (exact) mass is 253 g/mol. The van der Waals surface area contributed by atoms with E-state index in [1.807, 2.05) is 0 Å². The number of piperidine rings is 1. The van der Waals surface area contributed by atoms with Crippen molar-refractivity contribution >= 4 is 17.4 Å². The lowest BCUT2D eigenvalue weighted by atomic mass is 9.99. The van der Waals surface area contributed by atoms with Gasteiger partial charge in [0.15, 0.2) is 0 Å². The van der Waals surface area contributed by atoms with E-state index in [9.17, 15) is 0 Å². The van der Waals surface area contributed by atoms with Gasteiger partial charge in [0.1, 0.15) is 12.1 Å². The number of hydrogen-bond donors (Lipinski definition) is 0. The molecule has 1 aromatic rings. The molecular weight excluding hydrogens is 234 g/mol. The SMILES string of the molecule is CCCc1cc(N2CCC(CCl)CC2)ncn1. The summed E-state index contributed by atoms with van der Waals surface area (Å²) in [5.41, 5.74) is 1.15. The van der Waals surface area contributed by atoms with Crippen molar-refractivity contribution in [2.45, 2.75) is 32.6 Å². The van der Waals surface area contributed by atoms with Gasteiger partial charge in [-0.2, -0.15) is 0 Å². The zero-order chi connectivity index (χ0) is 12.1. The van der Waals surface area contributed by atoms with Gasteiger partial charge in [-0.1, -0.05) is 13.3 Å². The van der Waals surface area contributed by atoms with E-state index in [1.165, 1.54) is 12.8 Å². The van der Waals surface area contributed by atoms with E-state index in [-0.39, 0.29) is 0 Å². The number of nitrogens with zero attached hydrogens (tertiary/aromatic N) is 3. The standard InChI is InChI=1S/C13H20ClN3/c1-2-3-12-8-13(16-10-15-12)17-6-4-11(9-14)5-7-17/h8,10-11H,2-7,9H2,1H3. The average Bonchev–Trinajstić information content (AvgIpc) is 2.40. The van der Waals surface area contributed by atoms with Crippen molar-refractivity contribution in [2.75, 3.05) is 23.9 Å². The fourth-order valence-corrected chi connectivity index (χ4v) is 2.58. The van der Waals surface area contributed by atoms with Gasteiger partial charge in [0, 0.05) is 30.7 Å².